The third-order valence-electron chi connectivity index (χ3n) is 3.21. The molecule has 1 aliphatic carbocycles. The average molecular weight is 318 g/mol. The van der Waals surface area contributed by atoms with E-state index < -0.39 is 0 Å². The summed E-state index contributed by atoms with van der Waals surface area (Å²) < 4.78 is 0. The van der Waals surface area contributed by atoms with Crippen molar-refractivity contribution in [2.45, 2.75) is 37.4 Å². The number of carbonyl (C=O) groups is 1. The topological polar surface area (TPSA) is 29.1 Å². The molecule has 2 nitrogen and oxygen atoms in total. The second-order valence-corrected chi connectivity index (χ2v) is 6.88. The fourth-order valence-electron chi connectivity index (χ4n) is 2.20. The van der Waals surface area contributed by atoms with E-state index >= 15 is 0 Å². The molecule has 1 saturated carbocycles. The Kier molecular flexibility index (Phi) is 5.86. The van der Waals surface area contributed by atoms with Gasteiger partial charge in [-0.2, -0.15) is 0 Å². The van der Waals surface area contributed by atoms with Gasteiger partial charge in [-0.15, -0.1) is 11.8 Å². The highest BCUT2D eigenvalue weighted by atomic mass is 35.5. The number of rotatable bonds is 4. The Bertz CT molecular complexity index is 447. The molecule has 0 saturated heterocycles. The third kappa shape index (κ3) is 4.90. The SMILES string of the molecule is O=C(CSC1CCCCC1)Nc1ccc(Cl)cc1Cl. The first-order valence-corrected chi connectivity index (χ1v) is 8.32. The van der Waals surface area contributed by atoms with Crippen LogP contribution in [0.4, 0.5) is 5.69 Å². The summed E-state index contributed by atoms with van der Waals surface area (Å²) in [5, 5.41) is 4.51. The van der Waals surface area contributed by atoms with Crippen molar-refractivity contribution in [1.29, 1.82) is 0 Å². The summed E-state index contributed by atoms with van der Waals surface area (Å²) in [5.74, 6) is 0.490. The summed E-state index contributed by atoms with van der Waals surface area (Å²) in [7, 11) is 0. The minimum atomic E-state index is -0.000189. The van der Waals surface area contributed by atoms with Crippen molar-refractivity contribution in [2.24, 2.45) is 0 Å². The molecule has 1 fully saturated rings. The molecular weight excluding hydrogens is 301 g/mol. The first-order chi connectivity index (χ1) is 9.15. The largest absolute Gasteiger partial charge is 0.324 e. The van der Waals surface area contributed by atoms with Crippen LogP contribution >= 0.6 is 35.0 Å². The van der Waals surface area contributed by atoms with Gasteiger partial charge in [0.1, 0.15) is 0 Å². The highest BCUT2D eigenvalue weighted by Crippen LogP contribution is 2.29. The van der Waals surface area contributed by atoms with E-state index in [1.54, 1.807) is 30.0 Å². The highest BCUT2D eigenvalue weighted by molar-refractivity contribution is 8.00. The van der Waals surface area contributed by atoms with Crippen LogP contribution in [0.2, 0.25) is 10.0 Å². The number of halogens is 2. The monoisotopic (exact) mass is 317 g/mol. The highest BCUT2D eigenvalue weighted by Gasteiger charge is 2.15. The van der Waals surface area contributed by atoms with E-state index in [1.807, 2.05) is 0 Å². The number of hydrogen-bond donors (Lipinski definition) is 1. The summed E-state index contributed by atoms with van der Waals surface area (Å²) in [6.45, 7) is 0. The van der Waals surface area contributed by atoms with Gasteiger partial charge in [0.25, 0.3) is 0 Å². The number of benzene rings is 1. The van der Waals surface area contributed by atoms with Gasteiger partial charge < -0.3 is 5.32 Å². The van der Waals surface area contributed by atoms with Crippen LogP contribution in [0.5, 0.6) is 0 Å². The Balaban J connectivity index is 1.80. The maximum absolute atomic E-state index is 11.9. The van der Waals surface area contributed by atoms with Crippen molar-refractivity contribution in [1.82, 2.24) is 0 Å². The van der Waals surface area contributed by atoms with Crippen molar-refractivity contribution in [2.75, 3.05) is 11.1 Å². The summed E-state index contributed by atoms with van der Waals surface area (Å²) in [4.78, 5) is 11.9. The van der Waals surface area contributed by atoms with Crippen molar-refractivity contribution in [3.8, 4) is 0 Å². The summed E-state index contributed by atoms with van der Waals surface area (Å²) in [5.41, 5.74) is 0.625. The van der Waals surface area contributed by atoms with Gasteiger partial charge in [-0.3, -0.25) is 4.79 Å². The number of hydrogen-bond acceptors (Lipinski definition) is 2. The van der Waals surface area contributed by atoms with E-state index in [4.69, 9.17) is 23.2 Å². The van der Waals surface area contributed by atoms with Crippen molar-refractivity contribution in [3.05, 3.63) is 28.2 Å². The molecule has 1 amide bonds. The zero-order chi connectivity index (χ0) is 13.7. The molecule has 0 radical (unpaired) electrons. The van der Waals surface area contributed by atoms with E-state index in [0.717, 1.165) is 0 Å². The number of nitrogens with one attached hydrogen (secondary N) is 1. The second kappa shape index (κ2) is 7.41. The Morgan fingerprint density at radius 2 is 2.00 bits per heavy atom. The molecule has 1 aromatic carbocycles. The summed E-state index contributed by atoms with van der Waals surface area (Å²) >= 11 is 13.6. The molecule has 2 rings (SSSR count). The lowest BCUT2D eigenvalue weighted by atomic mass is 10.0. The van der Waals surface area contributed by atoms with Crippen LogP contribution in [-0.4, -0.2) is 16.9 Å². The number of amides is 1. The van der Waals surface area contributed by atoms with Gasteiger partial charge in [-0.05, 0) is 31.0 Å². The van der Waals surface area contributed by atoms with Gasteiger partial charge in [-0.1, -0.05) is 42.5 Å². The first kappa shape index (κ1) is 15.0. The van der Waals surface area contributed by atoms with Gasteiger partial charge in [0.15, 0.2) is 0 Å². The number of thioether (sulfide) groups is 1. The van der Waals surface area contributed by atoms with Gasteiger partial charge in [0, 0.05) is 10.3 Å². The summed E-state index contributed by atoms with van der Waals surface area (Å²) in [6, 6.07) is 5.08. The predicted molar refractivity (Wildman–Crippen MR) is 84.4 cm³/mol. The Morgan fingerprint density at radius 1 is 1.26 bits per heavy atom. The minimum absolute atomic E-state index is 0.000189. The van der Waals surface area contributed by atoms with E-state index in [-0.39, 0.29) is 5.91 Å². The quantitative estimate of drug-likeness (QED) is 0.846. The molecule has 0 aromatic heterocycles. The standard InChI is InChI=1S/C14H17Cl2NOS/c15-10-6-7-13(12(16)8-10)17-14(18)9-19-11-4-2-1-3-5-11/h6-8,11H,1-5,9H2,(H,17,18). The van der Waals surface area contributed by atoms with Crippen molar-refractivity contribution in [3.63, 3.8) is 0 Å². The lowest BCUT2D eigenvalue weighted by molar-refractivity contribution is -0.113. The molecule has 0 atom stereocenters. The predicted octanol–water partition coefficient (Wildman–Crippen LogP) is 5.00. The lowest BCUT2D eigenvalue weighted by Crippen LogP contribution is -2.18. The Hall–Kier alpha value is -0.380. The normalized spacial score (nSPS) is 16.3. The van der Waals surface area contributed by atoms with Gasteiger partial charge >= 0.3 is 0 Å². The van der Waals surface area contributed by atoms with Crippen LogP contribution in [0, 0.1) is 0 Å². The zero-order valence-corrected chi connectivity index (χ0v) is 13.0. The molecule has 104 valence electrons. The van der Waals surface area contributed by atoms with E-state index in [0.29, 0.717) is 26.7 Å². The number of carbonyl (C=O) groups excluding carboxylic acids is 1. The average Bonchev–Trinajstić information content (AvgIpc) is 2.41. The fraction of sp³-hybridized carbons (Fsp3) is 0.500. The van der Waals surface area contributed by atoms with Crippen molar-refractivity contribution < 1.29 is 4.79 Å². The van der Waals surface area contributed by atoms with Crippen LogP contribution in [0.3, 0.4) is 0 Å². The molecule has 1 aromatic rings. The summed E-state index contributed by atoms with van der Waals surface area (Å²) in [6.07, 6.45) is 6.40. The number of anilines is 1. The molecule has 0 spiro atoms. The van der Waals surface area contributed by atoms with Gasteiger partial charge in [-0.25, -0.2) is 0 Å². The molecule has 0 bridgehead atoms. The van der Waals surface area contributed by atoms with Crippen LogP contribution < -0.4 is 5.32 Å². The Morgan fingerprint density at radius 3 is 2.68 bits per heavy atom. The lowest BCUT2D eigenvalue weighted by Gasteiger charge is -2.20. The zero-order valence-electron chi connectivity index (χ0n) is 10.6. The van der Waals surface area contributed by atoms with E-state index in [9.17, 15) is 4.79 Å². The molecule has 0 heterocycles. The van der Waals surface area contributed by atoms with Crippen molar-refractivity contribution >= 4 is 46.6 Å². The molecule has 0 aliphatic heterocycles. The van der Waals surface area contributed by atoms with Crippen LogP contribution in [0.15, 0.2) is 18.2 Å². The molecule has 19 heavy (non-hydrogen) atoms. The fourth-order valence-corrected chi connectivity index (χ4v) is 3.78. The van der Waals surface area contributed by atoms with Crippen LogP contribution in [0.1, 0.15) is 32.1 Å². The van der Waals surface area contributed by atoms with Crippen LogP contribution in [0.25, 0.3) is 0 Å². The van der Waals surface area contributed by atoms with Gasteiger partial charge in [0.2, 0.25) is 5.91 Å². The Labute approximate surface area is 128 Å². The van der Waals surface area contributed by atoms with Gasteiger partial charge in [0.05, 0.1) is 16.5 Å². The maximum atomic E-state index is 11.9. The minimum Gasteiger partial charge on any atom is -0.324 e. The first-order valence-electron chi connectivity index (χ1n) is 6.51. The molecule has 5 heteroatoms. The molecule has 1 N–H and O–H groups in total. The van der Waals surface area contributed by atoms with Crippen LogP contribution in [-0.2, 0) is 4.79 Å². The molecule has 1 aliphatic rings. The van der Waals surface area contributed by atoms with E-state index in [1.165, 1.54) is 32.1 Å². The molecule has 0 unspecified atom stereocenters. The smallest absolute Gasteiger partial charge is 0.234 e. The van der Waals surface area contributed by atoms with E-state index in [2.05, 4.69) is 5.32 Å². The third-order valence-corrected chi connectivity index (χ3v) is 5.13. The second-order valence-electron chi connectivity index (χ2n) is 4.74. The maximum Gasteiger partial charge on any atom is 0.234 e. The molecular formula is C14H17Cl2NOS.